The van der Waals surface area contributed by atoms with Gasteiger partial charge in [0, 0.05) is 16.0 Å². The summed E-state index contributed by atoms with van der Waals surface area (Å²) in [6.07, 6.45) is 3.48. The van der Waals surface area contributed by atoms with E-state index in [1.165, 1.54) is 4.88 Å². The Morgan fingerprint density at radius 3 is 2.82 bits per heavy atom. The molecule has 1 aliphatic rings. The van der Waals surface area contributed by atoms with Crippen LogP contribution < -0.4 is 10.5 Å². The van der Waals surface area contributed by atoms with Crippen LogP contribution in [0.3, 0.4) is 0 Å². The maximum Gasteiger partial charge on any atom is 0.341 e. The number of carbonyl (C=O) groups is 2. The van der Waals surface area contributed by atoms with Crippen LogP contribution in [0, 0.1) is 0 Å². The molecule has 146 valence electrons. The number of carboxylic acid groups (broad SMARTS) is 1. The number of aliphatic carboxylic acids is 1. The summed E-state index contributed by atoms with van der Waals surface area (Å²) in [5.74, 6) is -1.27. The van der Waals surface area contributed by atoms with Gasteiger partial charge in [-0.3, -0.25) is 4.79 Å². The summed E-state index contributed by atoms with van der Waals surface area (Å²) >= 11 is 1.69. The number of aromatic nitrogens is 1. The quantitative estimate of drug-likeness (QED) is 0.621. The molecule has 6 nitrogen and oxygen atoms in total. The van der Waals surface area contributed by atoms with Crippen LogP contribution in [0.1, 0.15) is 41.3 Å². The van der Waals surface area contributed by atoms with E-state index in [1.807, 2.05) is 23.6 Å². The fourth-order valence-electron chi connectivity index (χ4n) is 4.16. The molecule has 1 unspecified atom stereocenters. The molecule has 1 aromatic carbocycles. The van der Waals surface area contributed by atoms with Crippen LogP contribution in [0.25, 0.3) is 10.9 Å². The molecule has 7 heteroatoms. The number of hydrogen-bond acceptors (Lipinski definition) is 4. The first-order chi connectivity index (χ1) is 13.6. The van der Waals surface area contributed by atoms with Crippen molar-refractivity contribution >= 4 is 34.1 Å². The smallest absolute Gasteiger partial charge is 0.341 e. The number of rotatable bonds is 6. The number of thiophene rings is 1. The lowest BCUT2D eigenvalue weighted by Gasteiger charge is -2.14. The van der Waals surface area contributed by atoms with Gasteiger partial charge in [-0.15, -0.1) is 11.3 Å². The highest BCUT2D eigenvalue weighted by atomic mass is 32.1. The van der Waals surface area contributed by atoms with Gasteiger partial charge in [-0.05, 0) is 48.4 Å². The molecule has 1 aliphatic carbocycles. The van der Waals surface area contributed by atoms with E-state index in [4.69, 9.17) is 15.6 Å². The van der Waals surface area contributed by atoms with Gasteiger partial charge >= 0.3 is 5.97 Å². The van der Waals surface area contributed by atoms with Crippen LogP contribution in [0.2, 0.25) is 0 Å². The number of carbonyl (C=O) groups excluding carboxylic acids is 1. The molecule has 0 radical (unpaired) electrons. The molecule has 3 N–H and O–H groups in total. The molecule has 0 saturated carbocycles. The first kappa shape index (κ1) is 18.6. The number of ether oxygens (including phenoxy) is 1. The van der Waals surface area contributed by atoms with E-state index in [9.17, 15) is 9.59 Å². The summed E-state index contributed by atoms with van der Waals surface area (Å²) in [7, 11) is 0. The van der Waals surface area contributed by atoms with Crippen LogP contribution in [0.15, 0.2) is 35.7 Å². The second kappa shape index (κ2) is 7.67. The maximum atomic E-state index is 12.3. The first-order valence-corrected chi connectivity index (χ1v) is 10.2. The van der Waals surface area contributed by atoms with E-state index in [-0.39, 0.29) is 11.8 Å². The Balaban J connectivity index is 1.95. The van der Waals surface area contributed by atoms with E-state index >= 15 is 0 Å². The van der Waals surface area contributed by atoms with Crippen molar-refractivity contribution in [1.29, 1.82) is 0 Å². The Hall–Kier alpha value is -2.80. The van der Waals surface area contributed by atoms with E-state index in [0.717, 1.165) is 41.4 Å². The zero-order valence-corrected chi connectivity index (χ0v) is 16.2. The lowest BCUT2D eigenvalue weighted by atomic mass is 9.92. The van der Waals surface area contributed by atoms with Gasteiger partial charge in [-0.1, -0.05) is 18.6 Å². The Morgan fingerprint density at radius 2 is 2.11 bits per heavy atom. The van der Waals surface area contributed by atoms with Gasteiger partial charge in [0.2, 0.25) is 5.91 Å². The van der Waals surface area contributed by atoms with Crippen molar-refractivity contribution in [2.45, 2.75) is 38.1 Å². The number of nitrogens with two attached hydrogens (primary N) is 1. The number of carboxylic acids is 1. The Labute approximate surface area is 166 Å². The zero-order valence-electron chi connectivity index (χ0n) is 15.4. The third kappa shape index (κ3) is 3.38. The largest absolute Gasteiger partial charge is 0.481 e. The van der Waals surface area contributed by atoms with Crippen molar-refractivity contribution < 1.29 is 19.4 Å². The van der Waals surface area contributed by atoms with Crippen molar-refractivity contribution in [1.82, 2.24) is 4.57 Å². The molecule has 2 aromatic heterocycles. The van der Waals surface area contributed by atoms with Gasteiger partial charge in [0.05, 0.1) is 18.0 Å². The van der Waals surface area contributed by atoms with Crippen LogP contribution in [-0.2, 0) is 22.6 Å². The number of fused-ring (bicyclic) bond motifs is 3. The van der Waals surface area contributed by atoms with E-state index in [1.54, 1.807) is 17.4 Å². The summed E-state index contributed by atoms with van der Waals surface area (Å²) < 4.78 is 7.84. The second-order valence-electron chi connectivity index (χ2n) is 7.06. The molecule has 0 bridgehead atoms. The Bertz CT molecular complexity index is 1020. The van der Waals surface area contributed by atoms with Crippen molar-refractivity contribution in [3.05, 3.63) is 51.8 Å². The number of benzene rings is 1. The SMILES string of the molecule is NC(=O)C1CCCCc2c1c1c(OCC(=O)O)cccc1n2Cc1cccs1. The molecule has 1 amide bonds. The normalized spacial score (nSPS) is 16.5. The zero-order chi connectivity index (χ0) is 19.7. The van der Waals surface area contributed by atoms with Gasteiger partial charge < -0.3 is 20.1 Å². The van der Waals surface area contributed by atoms with Gasteiger partial charge in [0.25, 0.3) is 0 Å². The summed E-state index contributed by atoms with van der Waals surface area (Å²) in [5.41, 5.74) is 8.75. The predicted molar refractivity (Wildman–Crippen MR) is 108 cm³/mol. The lowest BCUT2D eigenvalue weighted by molar-refractivity contribution is -0.139. The topological polar surface area (TPSA) is 94.6 Å². The lowest BCUT2D eigenvalue weighted by Crippen LogP contribution is -2.21. The first-order valence-electron chi connectivity index (χ1n) is 9.36. The third-order valence-electron chi connectivity index (χ3n) is 5.29. The molecular formula is C21H22N2O4S. The van der Waals surface area contributed by atoms with Gasteiger partial charge in [-0.2, -0.15) is 0 Å². The van der Waals surface area contributed by atoms with Crippen molar-refractivity contribution in [2.24, 2.45) is 5.73 Å². The van der Waals surface area contributed by atoms with Gasteiger partial charge in [0.1, 0.15) is 5.75 Å². The Morgan fingerprint density at radius 1 is 1.25 bits per heavy atom. The summed E-state index contributed by atoms with van der Waals surface area (Å²) in [6.45, 7) is 0.280. The second-order valence-corrected chi connectivity index (χ2v) is 8.09. The third-order valence-corrected chi connectivity index (χ3v) is 6.16. The summed E-state index contributed by atoms with van der Waals surface area (Å²) in [4.78, 5) is 24.6. The molecule has 28 heavy (non-hydrogen) atoms. The monoisotopic (exact) mass is 398 g/mol. The van der Waals surface area contributed by atoms with Crippen LogP contribution in [0.5, 0.6) is 5.75 Å². The fourth-order valence-corrected chi connectivity index (χ4v) is 4.86. The highest BCUT2D eigenvalue weighted by molar-refractivity contribution is 7.09. The molecule has 0 fully saturated rings. The number of hydrogen-bond donors (Lipinski definition) is 2. The van der Waals surface area contributed by atoms with Crippen molar-refractivity contribution in [3.8, 4) is 5.75 Å². The fraction of sp³-hybridized carbons (Fsp3) is 0.333. The number of primary amides is 1. The molecule has 2 heterocycles. The van der Waals surface area contributed by atoms with Crippen LogP contribution >= 0.6 is 11.3 Å². The molecule has 0 saturated heterocycles. The molecule has 3 aromatic rings. The van der Waals surface area contributed by atoms with E-state index in [2.05, 4.69) is 10.6 Å². The van der Waals surface area contributed by atoms with Crippen molar-refractivity contribution in [2.75, 3.05) is 6.61 Å². The number of nitrogens with zero attached hydrogens (tertiary/aromatic N) is 1. The predicted octanol–water partition coefficient (Wildman–Crippen LogP) is 3.51. The average molecular weight is 398 g/mol. The van der Waals surface area contributed by atoms with Gasteiger partial charge in [-0.25, -0.2) is 4.79 Å². The summed E-state index contributed by atoms with van der Waals surface area (Å²) in [5, 5.41) is 11.9. The minimum atomic E-state index is -1.03. The average Bonchev–Trinajstić information content (AvgIpc) is 3.21. The van der Waals surface area contributed by atoms with Gasteiger partial charge in [0.15, 0.2) is 6.61 Å². The summed E-state index contributed by atoms with van der Waals surface area (Å²) in [6, 6.07) is 9.75. The molecule has 1 atom stereocenters. The van der Waals surface area contributed by atoms with Crippen molar-refractivity contribution in [3.63, 3.8) is 0 Å². The van der Waals surface area contributed by atoms with Crippen LogP contribution in [0.4, 0.5) is 0 Å². The molecule has 0 aliphatic heterocycles. The Kier molecular flexibility index (Phi) is 5.09. The number of amides is 1. The minimum absolute atomic E-state index is 0.341. The van der Waals surface area contributed by atoms with E-state index < -0.39 is 12.6 Å². The highest BCUT2D eigenvalue weighted by Gasteiger charge is 2.31. The molecular weight excluding hydrogens is 376 g/mol. The van der Waals surface area contributed by atoms with Crippen LogP contribution in [-0.4, -0.2) is 28.2 Å². The standard InChI is InChI=1S/C21H22N2O4S/c22-21(26)14-6-1-2-7-15-19(14)20-16(23(15)11-13-5-4-10-28-13)8-3-9-17(20)27-12-18(24)25/h3-5,8-10,14H,1-2,6-7,11-12H2,(H2,22,26)(H,24,25). The molecule has 4 rings (SSSR count). The highest BCUT2D eigenvalue weighted by Crippen LogP contribution is 2.42. The minimum Gasteiger partial charge on any atom is -0.481 e. The van der Waals surface area contributed by atoms with E-state index in [0.29, 0.717) is 18.7 Å². The maximum absolute atomic E-state index is 12.3. The molecule has 0 spiro atoms.